The number of rotatable bonds is 7. The van der Waals surface area contributed by atoms with Crippen molar-refractivity contribution in [1.29, 1.82) is 0 Å². The topological polar surface area (TPSA) is 70.2 Å². The number of pyridine rings is 1. The van der Waals surface area contributed by atoms with Crippen molar-refractivity contribution in [2.24, 2.45) is 0 Å². The molecule has 1 aliphatic rings. The van der Waals surface area contributed by atoms with Gasteiger partial charge in [-0.15, -0.1) is 11.3 Å². The van der Waals surface area contributed by atoms with Gasteiger partial charge in [-0.25, -0.2) is 4.98 Å². The van der Waals surface area contributed by atoms with Crippen molar-refractivity contribution >= 4 is 39.0 Å². The molecule has 0 atom stereocenters. The normalized spacial score (nSPS) is 14.3. The molecule has 0 amide bonds. The molecule has 1 aliphatic heterocycles. The van der Waals surface area contributed by atoms with Crippen LogP contribution in [-0.4, -0.2) is 47.2 Å². The number of halogens is 1. The van der Waals surface area contributed by atoms with Crippen molar-refractivity contribution in [2.45, 2.75) is 53.0 Å². The molecule has 0 bridgehead atoms. The van der Waals surface area contributed by atoms with Crippen LogP contribution < -0.4 is 15.5 Å². The Hall–Kier alpha value is -2.09. The van der Waals surface area contributed by atoms with Crippen LogP contribution in [0.3, 0.4) is 0 Å². The van der Waals surface area contributed by atoms with Gasteiger partial charge in [0.1, 0.15) is 17.4 Å². The predicted octanol–water partition coefficient (Wildman–Crippen LogP) is 6.02. The number of hydrogen-bond donors (Lipinski definition) is 2. The number of aromatic nitrogens is 2. The summed E-state index contributed by atoms with van der Waals surface area (Å²) >= 11 is 8.14. The number of H-pyrrole nitrogens is 1. The van der Waals surface area contributed by atoms with E-state index in [1.54, 1.807) is 18.2 Å². The van der Waals surface area contributed by atoms with Gasteiger partial charge in [0.15, 0.2) is 10.6 Å². The first kappa shape index (κ1) is 24.6. The fraction of sp³-hybridized carbons (Fsp3) is 0.500. The lowest BCUT2D eigenvalue weighted by molar-refractivity contribution is 0.183. The molecule has 8 heteroatoms. The number of benzene rings is 1. The van der Waals surface area contributed by atoms with Gasteiger partial charge in [-0.2, -0.15) is 0 Å². The maximum absolute atomic E-state index is 12.7. The van der Waals surface area contributed by atoms with Gasteiger partial charge in [0, 0.05) is 29.4 Å². The first-order valence-electron chi connectivity index (χ1n) is 11.4. The highest BCUT2D eigenvalue weighted by Crippen LogP contribution is 2.32. The molecule has 0 radical (unpaired) electrons. The molecule has 1 saturated heterocycles. The Bertz CT molecular complexity index is 1070. The van der Waals surface area contributed by atoms with E-state index in [9.17, 15) is 4.79 Å². The van der Waals surface area contributed by atoms with Gasteiger partial charge in [0.2, 0.25) is 0 Å². The number of likely N-dealkylation sites (tertiary alicyclic amines) is 1. The van der Waals surface area contributed by atoms with Crippen LogP contribution >= 0.6 is 22.9 Å². The molecule has 2 N–H and O–H groups in total. The molecule has 174 valence electrons. The van der Waals surface area contributed by atoms with E-state index in [2.05, 4.69) is 34.0 Å². The van der Waals surface area contributed by atoms with Crippen molar-refractivity contribution in [2.75, 3.05) is 31.6 Å². The van der Waals surface area contributed by atoms with E-state index < -0.39 is 0 Å². The fourth-order valence-corrected chi connectivity index (χ4v) is 4.82. The summed E-state index contributed by atoms with van der Waals surface area (Å²) in [6.07, 6.45) is 3.83. The summed E-state index contributed by atoms with van der Waals surface area (Å²) in [6.45, 7) is 11.8. The average Bonchev–Trinajstić information content (AvgIpc) is 3.25. The number of aromatic amines is 1. The van der Waals surface area contributed by atoms with Crippen molar-refractivity contribution in [1.82, 2.24) is 14.9 Å². The monoisotopic (exact) mass is 476 g/mol. The zero-order valence-electron chi connectivity index (χ0n) is 19.3. The van der Waals surface area contributed by atoms with Gasteiger partial charge in [-0.3, -0.25) is 9.69 Å². The predicted molar refractivity (Wildman–Crippen MR) is 137 cm³/mol. The van der Waals surface area contributed by atoms with Crippen LogP contribution in [0, 0.1) is 0 Å². The van der Waals surface area contributed by atoms with Crippen molar-refractivity contribution < 1.29 is 4.74 Å². The van der Waals surface area contributed by atoms with Crippen molar-refractivity contribution in [3.8, 4) is 17.1 Å². The number of piperidine rings is 1. The Morgan fingerprint density at radius 2 is 2.00 bits per heavy atom. The van der Waals surface area contributed by atoms with Crippen LogP contribution in [0.15, 0.2) is 28.4 Å². The Morgan fingerprint density at radius 3 is 2.72 bits per heavy atom. The van der Waals surface area contributed by atoms with E-state index >= 15 is 0 Å². The van der Waals surface area contributed by atoms with E-state index in [4.69, 9.17) is 16.3 Å². The molecule has 0 unspecified atom stereocenters. The Balaban J connectivity index is 0.00000141. The minimum atomic E-state index is -0.0908. The third-order valence-corrected chi connectivity index (χ3v) is 6.36. The van der Waals surface area contributed by atoms with Crippen LogP contribution in [0.4, 0.5) is 5.13 Å². The van der Waals surface area contributed by atoms with Crippen molar-refractivity contribution in [3.05, 3.63) is 38.8 Å². The molecule has 3 heterocycles. The molecule has 1 aromatic carbocycles. The number of hydrogen-bond acceptors (Lipinski definition) is 6. The Morgan fingerprint density at radius 1 is 1.25 bits per heavy atom. The molecule has 0 saturated carbocycles. The van der Waals surface area contributed by atoms with Gasteiger partial charge in [0.05, 0.1) is 16.9 Å². The van der Waals surface area contributed by atoms with Crippen LogP contribution in [0.1, 0.15) is 47.0 Å². The molecule has 32 heavy (non-hydrogen) atoms. The summed E-state index contributed by atoms with van der Waals surface area (Å²) in [4.78, 5) is 23.0. The number of nitrogens with one attached hydrogen (secondary N) is 2. The second-order valence-electron chi connectivity index (χ2n) is 7.94. The number of nitrogens with zero attached hydrogens (tertiary/aromatic N) is 2. The highest BCUT2D eigenvalue weighted by molar-refractivity contribution is 7.14. The van der Waals surface area contributed by atoms with Crippen molar-refractivity contribution in [3.63, 3.8) is 0 Å². The molecule has 4 rings (SSSR count). The van der Waals surface area contributed by atoms with E-state index in [-0.39, 0.29) is 5.43 Å². The second-order valence-corrected chi connectivity index (χ2v) is 9.17. The summed E-state index contributed by atoms with van der Waals surface area (Å²) in [5.41, 5.74) is 1.86. The SMILES string of the molecule is CC.CC(C)Nc1nc(-c2cc(=O)c3ccc(OCCN4CCCCC4)c(Cl)c3[nH]2)cs1. The lowest BCUT2D eigenvalue weighted by Crippen LogP contribution is -2.33. The molecular weight excluding hydrogens is 444 g/mol. The number of ether oxygens (including phenoxy) is 1. The third kappa shape index (κ3) is 6.03. The smallest absolute Gasteiger partial charge is 0.190 e. The summed E-state index contributed by atoms with van der Waals surface area (Å²) in [6, 6.07) is 5.42. The molecule has 0 aliphatic carbocycles. The summed E-state index contributed by atoms with van der Waals surface area (Å²) in [5.74, 6) is 0.592. The van der Waals surface area contributed by atoms with Gasteiger partial charge < -0.3 is 15.0 Å². The second kappa shape index (κ2) is 11.7. The first-order chi connectivity index (χ1) is 15.5. The molecule has 2 aromatic heterocycles. The maximum Gasteiger partial charge on any atom is 0.190 e. The van der Waals surface area contributed by atoms with Gasteiger partial charge in [-0.1, -0.05) is 31.9 Å². The lowest BCUT2D eigenvalue weighted by Gasteiger charge is -2.26. The van der Waals surface area contributed by atoms with Gasteiger partial charge in [0.25, 0.3) is 0 Å². The fourth-order valence-electron chi connectivity index (χ4n) is 3.69. The summed E-state index contributed by atoms with van der Waals surface area (Å²) in [5, 5.41) is 7.00. The van der Waals surface area contributed by atoms with Crippen LogP contribution in [0.5, 0.6) is 5.75 Å². The van der Waals surface area contributed by atoms with E-state index in [1.807, 2.05) is 19.2 Å². The minimum absolute atomic E-state index is 0.0908. The van der Waals surface area contributed by atoms with E-state index in [1.165, 1.54) is 30.6 Å². The molecule has 1 fully saturated rings. The van der Waals surface area contributed by atoms with Crippen LogP contribution in [-0.2, 0) is 0 Å². The Kier molecular flexibility index (Phi) is 8.96. The first-order valence-corrected chi connectivity index (χ1v) is 12.7. The quantitative estimate of drug-likeness (QED) is 0.436. The zero-order chi connectivity index (χ0) is 23.1. The highest BCUT2D eigenvalue weighted by Gasteiger charge is 2.15. The Labute approximate surface area is 199 Å². The highest BCUT2D eigenvalue weighted by atomic mass is 35.5. The number of fused-ring (bicyclic) bond motifs is 1. The molecule has 6 nitrogen and oxygen atoms in total. The molecule has 3 aromatic rings. The zero-order valence-corrected chi connectivity index (χ0v) is 20.9. The van der Waals surface area contributed by atoms with Gasteiger partial charge in [-0.05, 0) is 51.9 Å². The summed E-state index contributed by atoms with van der Waals surface area (Å²) in [7, 11) is 0. The molecular formula is C24H33ClN4O2S. The van der Waals surface area contributed by atoms with Crippen LogP contribution in [0.2, 0.25) is 5.02 Å². The molecule has 0 spiro atoms. The van der Waals surface area contributed by atoms with Crippen LogP contribution in [0.25, 0.3) is 22.3 Å². The van der Waals surface area contributed by atoms with E-state index in [0.29, 0.717) is 40.0 Å². The maximum atomic E-state index is 12.7. The lowest BCUT2D eigenvalue weighted by atomic mass is 10.1. The average molecular weight is 477 g/mol. The van der Waals surface area contributed by atoms with Gasteiger partial charge >= 0.3 is 0 Å². The standard InChI is InChI=1S/C22H27ClN4O2S.C2H6/c1-14(2)24-22-26-17(13-30-22)16-12-18(28)15-6-7-19(20(23)21(15)25-16)29-11-10-27-8-4-3-5-9-27;1-2/h6-7,12-14H,3-5,8-11H2,1-2H3,(H,24,26)(H,25,28);1-2H3. The largest absolute Gasteiger partial charge is 0.491 e. The van der Waals surface area contributed by atoms with E-state index in [0.717, 1.165) is 30.5 Å². The summed E-state index contributed by atoms with van der Waals surface area (Å²) < 4.78 is 5.96. The third-order valence-electron chi connectivity index (χ3n) is 5.21. The number of anilines is 1. The number of thiazole rings is 1. The minimum Gasteiger partial charge on any atom is -0.491 e.